The van der Waals surface area contributed by atoms with Gasteiger partial charge in [0.1, 0.15) is 29.8 Å². The fourth-order valence-corrected chi connectivity index (χ4v) is 4.51. The first-order valence-electron chi connectivity index (χ1n) is 11.9. The van der Waals surface area contributed by atoms with Crippen molar-refractivity contribution in [2.75, 3.05) is 19.7 Å². The molecule has 0 bridgehead atoms. The van der Waals surface area contributed by atoms with Crippen LogP contribution in [0.25, 0.3) is 22.3 Å². The molecule has 0 radical (unpaired) electrons. The van der Waals surface area contributed by atoms with E-state index in [0.29, 0.717) is 19.5 Å². The van der Waals surface area contributed by atoms with Gasteiger partial charge in [0.05, 0.1) is 21.5 Å². The predicted octanol–water partition coefficient (Wildman–Crippen LogP) is 6.32. The summed E-state index contributed by atoms with van der Waals surface area (Å²) in [6.45, 7) is 6.32. The second-order valence-corrected chi connectivity index (χ2v) is 10.3. The lowest BCUT2D eigenvalue weighted by atomic mass is 10.1. The second-order valence-electron chi connectivity index (χ2n) is 9.88. The van der Waals surface area contributed by atoms with Gasteiger partial charge >= 0.3 is 12.1 Å². The van der Waals surface area contributed by atoms with Crippen molar-refractivity contribution in [3.05, 3.63) is 63.3 Å². The van der Waals surface area contributed by atoms with Gasteiger partial charge in [-0.1, -0.05) is 17.7 Å². The SMILES string of the molecule is CC(C)(C)OC(=O)C1CCCN1CCOc1cc(C(F)(F)F)ccc1-c1cc(=O)c2cccc(Cl)c2o1. The lowest BCUT2D eigenvalue weighted by Gasteiger charge is -2.27. The summed E-state index contributed by atoms with van der Waals surface area (Å²) in [5.41, 5.74) is -1.60. The van der Waals surface area contributed by atoms with Gasteiger partial charge in [-0.2, -0.15) is 13.2 Å². The maximum absolute atomic E-state index is 13.5. The molecule has 198 valence electrons. The molecule has 2 heterocycles. The van der Waals surface area contributed by atoms with Gasteiger partial charge in [-0.3, -0.25) is 14.5 Å². The number of benzene rings is 2. The van der Waals surface area contributed by atoms with Gasteiger partial charge in [0, 0.05) is 12.6 Å². The Morgan fingerprint density at radius 3 is 2.62 bits per heavy atom. The topological polar surface area (TPSA) is 69.0 Å². The third-order valence-electron chi connectivity index (χ3n) is 5.96. The molecule has 37 heavy (non-hydrogen) atoms. The number of carbonyl (C=O) groups excluding carboxylic acids is 1. The van der Waals surface area contributed by atoms with E-state index in [4.69, 9.17) is 25.5 Å². The maximum Gasteiger partial charge on any atom is 0.416 e. The van der Waals surface area contributed by atoms with Crippen LogP contribution in [0.15, 0.2) is 51.7 Å². The lowest BCUT2D eigenvalue weighted by molar-refractivity contribution is -0.160. The van der Waals surface area contributed by atoms with Gasteiger partial charge in [-0.05, 0) is 70.5 Å². The first-order chi connectivity index (χ1) is 17.3. The summed E-state index contributed by atoms with van der Waals surface area (Å²) in [6, 6.07) is 8.46. The van der Waals surface area contributed by atoms with Crippen LogP contribution in [0, 0.1) is 0 Å². The monoisotopic (exact) mass is 537 g/mol. The molecule has 1 unspecified atom stereocenters. The zero-order valence-corrected chi connectivity index (χ0v) is 21.4. The van der Waals surface area contributed by atoms with Crippen molar-refractivity contribution < 1.29 is 31.9 Å². The number of carbonyl (C=O) groups is 1. The molecule has 0 saturated carbocycles. The highest BCUT2D eigenvalue weighted by Crippen LogP contribution is 2.38. The minimum atomic E-state index is -4.60. The molecule has 0 spiro atoms. The molecule has 4 rings (SSSR count). The minimum absolute atomic E-state index is 0.00613. The summed E-state index contributed by atoms with van der Waals surface area (Å²) in [5.74, 6) is -0.404. The van der Waals surface area contributed by atoms with E-state index in [1.807, 2.05) is 4.90 Å². The third-order valence-corrected chi connectivity index (χ3v) is 6.26. The van der Waals surface area contributed by atoms with E-state index < -0.39 is 23.4 Å². The van der Waals surface area contributed by atoms with Crippen LogP contribution in [0.5, 0.6) is 5.75 Å². The third kappa shape index (κ3) is 6.27. The van der Waals surface area contributed by atoms with Crippen molar-refractivity contribution in [1.82, 2.24) is 4.90 Å². The molecule has 1 aromatic heterocycles. The fourth-order valence-electron chi connectivity index (χ4n) is 4.30. The summed E-state index contributed by atoms with van der Waals surface area (Å²) in [5, 5.41) is 0.459. The minimum Gasteiger partial charge on any atom is -0.491 e. The van der Waals surface area contributed by atoms with Crippen LogP contribution in [-0.4, -0.2) is 42.2 Å². The normalized spacial score (nSPS) is 16.8. The molecule has 10 heteroatoms. The Morgan fingerprint density at radius 1 is 1.16 bits per heavy atom. The molecule has 0 N–H and O–H groups in total. The van der Waals surface area contributed by atoms with E-state index in [9.17, 15) is 22.8 Å². The Hall–Kier alpha value is -3.04. The molecule has 0 aliphatic carbocycles. The number of rotatable bonds is 6. The van der Waals surface area contributed by atoms with Gasteiger partial charge in [0.15, 0.2) is 11.0 Å². The van der Waals surface area contributed by atoms with Crippen LogP contribution >= 0.6 is 11.6 Å². The number of ether oxygens (including phenoxy) is 2. The van der Waals surface area contributed by atoms with Crippen molar-refractivity contribution in [2.24, 2.45) is 0 Å². The molecule has 1 saturated heterocycles. The molecule has 1 aliphatic rings. The van der Waals surface area contributed by atoms with Crippen LogP contribution in [-0.2, 0) is 15.7 Å². The first kappa shape index (κ1) is 27.0. The Labute approximate surface area is 216 Å². The quantitative estimate of drug-likeness (QED) is 0.343. The molecule has 1 fully saturated rings. The second kappa shape index (κ2) is 10.4. The van der Waals surface area contributed by atoms with Crippen LogP contribution in [0.3, 0.4) is 0 Å². The fraction of sp³-hybridized carbons (Fsp3) is 0.407. The number of hydrogen-bond acceptors (Lipinski definition) is 6. The van der Waals surface area contributed by atoms with Gasteiger partial charge in [0.25, 0.3) is 0 Å². The maximum atomic E-state index is 13.5. The van der Waals surface area contributed by atoms with Gasteiger partial charge in [-0.15, -0.1) is 0 Å². The standard InChI is InChI=1S/C27H27ClF3NO5/c1-26(2,3)37-25(34)20-8-5-11-32(20)12-13-35-22-14-16(27(29,30)31)9-10-18(22)23-15-21(33)17-6-4-7-19(28)24(17)36-23/h4,6-7,9-10,14-15,20H,5,8,11-13H2,1-3H3. The predicted molar refractivity (Wildman–Crippen MR) is 134 cm³/mol. The zero-order valence-electron chi connectivity index (χ0n) is 20.7. The van der Waals surface area contributed by atoms with Crippen molar-refractivity contribution >= 4 is 28.5 Å². The number of likely N-dealkylation sites (tertiary alicyclic amines) is 1. The molecule has 1 aliphatic heterocycles. The van der Waals surface area contributed by atoms with Crippen LogP contribution in [0.1, 0.15) is 39.2 Å². The number of fused-ring (bicyclic) bond motifs is 1. The summed E-state index contributed by atoms with van der Waals surface area (Å²) in [7, 11) is 0. The molecule has 1 atom stereocenters. The van der Waals surface area contributed by atoms with E-state index in [1.54, 1.807) is 39.0 Å². The molecule has 6 nitrogen and oxygen atoms in total. The van der Waals surface area contributed by atoms with Crippen LogP contribution < -0.4 is 10.2 Å². The number of para-hydroxylation sites is 1. The average Bonchev–Trinajstić information content (AvgIpc) is 3.27. The molecular weight excluding hydrogens is 511 g/mol. The van der Waals surface area contributed by atoms with E-state index in [-0.39, 0.29) is 51.1 Å². The number of hydrogen-bond donors (Lipinski definition) is 0. The highest BCUT2D eigenvalue weighted by atomic mass is 35.5. The van der Waals surface area contributed by atoms with E-state index in [1.165, 1.54) is 12.1 Å². The van der Waals surface area contributed by atoms with E-state index in [2.05, 4.69) is 0 Å². The first-order valence-corrected chi connectivity index (χ1v) is 12.2. The molecule has 0 amide bonds. The van der Waals surface area contributed by atoms with Gasteiger partial charge in [-0.25, -0.2) is 0 Å². The Balaban J connectivity index is 1.61. The average molecular weight is 538 g/mol. The van der Waals surface area contributed by atoms with Crippen molar-refractivity contribution in [2.45, 2.75) is 51.4 Å². The van der Waals surface area contributed by atoms with E-state index in [0.717, 1.165) is 18.6 Å². The Morgan fingerprint density at radius 2 is 1.92 bits per heavy atom. The number of halogens is 4. The lowest BCUT2D eigenvalue weighted by Crippen LogP contribution is -2.42. The smallest absolute Gasteiger partial charge is 0.416 e. The summed E-state index contributed by atoms with van der Waals surface area (Å²) in [4.78, 5) is 27.1. The molecule has 2 aromatic carbocycles. The zero-order chi connectivity index (χ0) is 27.0. The number of esters is 1. The van der Waals surface area contributed by atoms with Gasteiger partial charge < -0.3 is 13.9 Å². The van der Waals surface area contributed by atoms with E-state index >= 15 is 0 Å². The molecular formula is C27H27ClF3NO5. The number of alkyl halides is 3. The molecule has 3 aromatic rings. The highest BCUT2D eigenvalue weighted by molar-refractivity contribution is 6.34. The summed E-state index contributed by atoms with van der Waals surface area (Å²) < 4.78 is 57.5. The van der Waals surface area contributed by atoms with Gasteiger partial charge in [0.2, 0.25) is 0 Å². The largest absolute Gasteiger partial charge is 0.491 e. The van der Waals surface area contributed by atoms with Crippen molar-refractivity contribution in [3.8, 4) is 17.1 Å². The van der Waals surface area contributed by atoms with Crippen molar-refractivity contribution in [1.29, 1.82) is 0 Å². The van der Waals surface area contributed by atoms with Crippen LogP contribution in [0.4, 0.5) is 13.2 Å². The highest BCUT2D eigenvalue weighted by Gasteiger charge is 2.34. The number of nitrogens with zero attached hydrogens (tertiary/aromatic N) is 1. The Bertz CT molecular complexity index is 1360. The van der Waals surface area contributed by atoms with Crippen molar-refractivity contribution in [3.63, 3.8) is 0 Å². The summed E-state index contributed by atoms with van der Waals surface area (Å²) >= 11 is 6.19. The Kier molecular flexibility index (Phi) is 7.57. The summed E-state index contributed by atoms with van der Waals surface area (Å²) in [6.07, 6.45) is -3.17. The van der Waals surface area contributed by atoms with Crippen LogP contribution in [0.2, 0.25) is 5.02 Å².